The van der Waals surface area contributed by atoms with E-state index in [4.69, 9.17) is 14.2 Å². The van der Waals surface area contributed by atoms with Gasteiger partial charge >= 0.3 is 6.03 Å². The molecule has 2 aromatic rings. The Balaban J connectivity index is 2.03. The Hall–Kier alpha value is -4.01. The topological polar surface area (TPSA) is 114 Å². The van der Waals surface area contributed by atoms with Crippen LogP contribution in [0.1, 0.15) is 5.56 Å². The fourth-order valence-electron chi connectivity index (χ4n) is 2.79. The first kappa shape index (κ1) is 19.7. The van der Waals surface area contributed by atoms with Crippen LogP contribution in [0.15, 0.2) is 42.0 Å². The Morgan fingerprint density at radius 1 is 0.931 bits per heavy atom. The summed E-state index contributed by atoms with van der Waals surface area (Å²) in [5, 5.41) is 12.2. The highest BCUT2D eigenvalue weighted by Gasteiger charge is 2.36. The molecule has 0 radical (unpaired) electrons. The molecule has 9 heteroatoms. The van der Waals surface area contributed by atoms with Gasteiger partial charge < -0.3 is 19.3 Å². The summed E-state index contributed by atoms with van der Waals surface area (Å²) in [6, 6.07) is 8.23. The van der Waals surface area contributed by atoms with Gasteiger partial charge in [-0.05, 0) is 48.0 Å². The molecule has 1 aliphatic rings. The zero-order valence-corrected chi connectivity index (χ0v) is 15.9. The number of aromatic hydroxyl groups is 1. The number of carbonyl (C=O) groups is 3. The number of phenolic OH excluding ortho intramolecular Hbond substituents is 1. The van der Waals surface area contributed by atoms with Crippen molar-refractivity contribution in [2.45, 2.75) is 0 Å². The van der Waals surface area contributed by atoms with Crippen LogP contribution in [0.4, 0.5) is 10.5 Å². The Labute approximate surface area is 166 Å². The van der Waals surface area contributed by atoms with Gasteiger partial charge in [0.1, 0.15) is 11.3 Å². The predicted molar refractivity (Wildman–Crippen MR) is 103 cm³/mol. The second-order valence-electron chi connectivity index (χ2n) is 5.93. The quantitative estimate of drug-likeness (QED) is 0.585. The molecule has 1 fully saturated rings. The summed E-state index contributed by atoms with van der Waals surface area (Å²) < 4.78 is 15.2. The van der Waals surface area contributed by atoms with Crippen LogP contribution in [-0.2, 0) is 9.59 Å². The summed E-state index contributed by atoms with van der Waals surface area (Å²) in [6.07, 6.45) is 1.28. The third-order valence-corrected chi connectivity index (χ3v) is 4.25. The minimum absolute atomic E-state index is 0.1000. The molecule has 2 N–H and O–H groups in total. The maximum Gasteiger partial charge on any atom is 0.335 e. The number of nitrogens with one attached hydrogen (secondary N) is 1. The molecule has 0 aromatic heterocycles. The number of hydrogen-bond acceptors (Lipinski definition) is 7. The molecule has 0 spiro atoms. The van der Waals surface area contributed by atoms with Crippen LogP contribution < -0.4 is 24.4 Å². The number of nitrogens with zero attached hydrogens (tertiary/aromatic N) is 1. The summed E-state index contributed by atoms with van der Waals surface area (Å²) in [7, 11) is 4.20. The van der Waals surface area contributed by atoms with Gasteiger partial charge in [-0.1, -0.05) is 0 Å². The maximum absolute atomic E-state index is 12.9. The van der Waals surface area contributed by atoms with Crippen LogP contribution in [0.3, 0.4) is 0 Å². The summed E-state index contributed by atoms with van der Waals surface area (Å²) >= 11 is 0. The number of phenols is 1. The second-order valence-corrected chi connectivity index (χ2v) is 5.93. The lowest BCUT2D eigenvalue weighted by Gasteiger charge is -2.26. The molecule has 1 heterocycles. The number of carbonyl (C=O) groups excluding carboxylic acids is 3. The van der Waals surface area contributed by atoms with Gasteiger partial charge in [0.15, 0.2) is 11.5 Å². The monoisotopic (exact) mass is 398 g/mol. The van der Waals surface area contributed by atoms with Crippen molar-refractivity contribution in [1.82, 2.24) is 5.32 Å². The number of hydrogen-bond donors (Lipinski definition) is 2. The SMILES string of the molecule is COc1ccc(N2C(=O)NC(=O)C(=Cc3cc(OC)c(O)c(OC)c3)C2=O)cc1. The lowest BCUT2D eigenvalue weighted by molar-refractivity contribution is -0.122. The predicted octanol–water partition coefficient (Wildman–Crippen LogP) is 2.08. The highest BCUT2D eigenvalue weighted by atomic mass is 16.5. The van der Waals surface area contributed by atoms with E-state index in [-0.39, 0.29) is 28.5 Å². The van der Waals surface area contributed by atoms with E-state index in [1.165, 1.54) is 51.7 Å². The van der Waals surface area contributed by atoms with Gasteiger partial charge in [-0.3, -0.25) is 14.9 Å². The molecule has 0 unspecified atom stereocenters. The Morgan fingerprint density at radius 3 is 2.03 bits per heavy atom. The molecule has 2 aromatic carbocycles. The number of benzene rings is 2. The first-order valence-electron chi connectivity index (χ1n) is 8.40. The molecule has 29 heavy (non-hydrogen) atoms. The van der Waals surface area contributed by atoms with Gasteiger partial charge in [0, 0.05) is 0 Å². The number of barbiturate groups is 1. The van der Waals surface area contributed by atoms with Crippen LogP contribution >= 0.6 is 0 Å². The molecular weight excluding hydrogens is 380 g/mol. The van der Waals surface area contributed by atoms with Crippen molar-refractivity contribution in [1.29, 1.82) is 0 Å². The Morgan fingerprint density at radius 2 is 1.52 bits per heavy atom. The van der Waals surface area contributed by atoms with Crippen LogP contribution in [0, 0.1) is 0 Å². The van der Waals surface area contributed by atoms with Crippen molar-refractivity contribution in [3.63, 3.8) is 0 Å². The van der Waals surface area contributed by atoms with Crippen LogP contribution in [0.5, 0.6) is 23.0 Å². The highest BCUT2D eigenvalue weighted by Crippen LogP contribution is 2.38. The number of rotatable bonds is 5. The largest absolute Gasteiger partial charge is 0.502 e. The Kier molecular flexibility index (Phi) is 5.40. The van der Waals surface area contributed by atoms with Crippen molar-refractivity contribution >= 4 is 29.6 Å². The average molecular weight is 398 g/mol. The van der Waals surface area contributed by atoms with E-state index in [2.05, 4.69) is 5.32 Å². The summed E-state index contributed by atoms with van der Waals surface area (Å²) in [4.78, 5) is 38.3. The van der Waals surface area contributed by atoms with Crippen molar-refractivity contribution in [2.24, 2.45) is 0 Å². The normalized spacial score (nSPS) is 15.3. The number of methoxy groups -OCH3 is 3. The van der Waals surface area contributed by atoms with E-state index in [0.717, 1.165) is 4.90 Å². The van der Waals surface area contributed by atoms with Gasteiger partial charge in [-0.15, -0.1) is 0 Å². The zero-order chi connectivity index (χ0) is 21.1. The Bertz CT molecular complexity index is 987. The molecule has 3 rings (SSSR count). The first-order chi connectivity index (χ1) is 13.9. The summed E-state index contributed by atoms with van der Waals surface area (Å²) in [6.45, 7) is 0. The van der Waals surface area contributed by atoms with E-state index >= 15 is 0 Å². The summed E-state index contributed by atoms with van der Waals surface area (Å²) in [5.41, 5.74) is 0.363. The van der Waals surface area contributed by atoms with E-state index in [1.807, 2.05) is 0 Å². The van der Waals surface area contributed by atoms with Crippen molar-refractivity contribution in [3.8, 4) is 23.0 Å². The van der Waals surface area contributed by atoms with Crippen LogP contribution in [0.2, 0.25) is 0 Å². The number of amides is 4. The molecular formula is C20H18N2O7. The number of anilines is 1. The van der Waals surface area contributed by atoms with E-state index in [0.29, 0.717) is 11.3 Å². The zero-order valence-electron chi connectivity index (χ0n) is 15.9. The minimum atomic E-state index is -0.858. The maximum atomic E-state index is 12.9. The average Bonchev–Trinajstić information content (AvgIpc) is 2.72. The number of urea groups is 1. The first-order valence-corrected chi connectivity index (χ1v) is 8.40. The lowest BCUT2D eigenvalue weighted by atomic mass is 10.1. The van der Waals surface area contributed by atoms with Crippen LogP contribution in [0.25, 0.3) is 6.08 Å². The molecule has 9 nitrogen and oxygen atoms in total. The van der Waals surface area contributed by atoms with Crippen molar-refractivity contribution < 1.29 is 33.7 Å². The molecule has 4 amide bonds. The van der Waals surface area contributed by atoms with Gasteiger partial charge in [0.05, 0.1) is 27.0 Å². The van der Waals surface area contributed by atoms with E-state index in [9.17, 15) is 19.5 Å². The third-order valence-electron chi connectivity index (χ3n) is 4.25. The van der Waals surface area contributed by atoms with Gasteiger partial charge in [0.2, 0.25) is 5.75 Å². The van der Waals surface area contributed by atoms with Gasteiger partial charge in [-0.25, -0.2) is 9.69 Å². The molecule has 0 aliphatic carbocycles. The molecule has 0 saturated carbocycles. The molecule has 0 atom stereocenters. The smallest absolute Gasteiger partial charge is 0.335 e. The lowest BCUT2D eigenvalue weighted by Crippen LogP contribution is -2.54. The second kappa shape index (κ2) is 7.93. The molecule has 0 bridgehead atoms. The van der Waals surface area contributed by atoms with Gasteiger partial charge in [0.25, 0.3) is 11.8 Å². The fraction of sp³-hybridized carbons (Fsp3) is 0.150. The molecule has 1 saturated heterocycles. The minimum Gasteiger partial charge on any atom is -0.502 e. The van der Waals surface area contributed by atoms with Crippen LogP contribution in [-0.4, -0.2) is 44.3 Å². The fourth-order valence-corrected chi connectivity index (χ4v) is 2.79. The molecule has 150 valence electrons. The highest BCUT2D eigenvalue weighted by molar-refractivity contribution is 6.39. The van der Waals surface area contributed by atoms with E-state index < -0.39 is 17.8 Å². The summed E-state index contributed by atoms with van der Waals surface area (Å²) in [5.74, 6) is -1.10. The van der Waals surface area contributed by atoms with Crippen molar-refractivity contribution in [2.75, 3.05) is 26.2 Å². The number of ether oxygens (including phenoxy) is 3. The number of imide groups is 2. The standard InChI is InChI=1S/C20H18N2O7/c1-27-13-6-4-12(5-7-13)22-19(25)14(18(24)21-20(22)26)8-11-9-15(28-2)17(23)16(10-11)29-3/h4-10,23H,1-3H3,(H,21,24,26). The molecule has 1 aliphatic heterocycles. The third kappa shape index (κ3) is 3.70. The van der Waals surface area contributed by atoms with Crippen molar-refractivity contribution in [3.05, 3.63) is 47.5 Å². The van der Waals surface area contributed by atoms with E-state index in [1.54, 1.807) is 12.1 Å². The van der Waals surface area contributed by atoms with Gasteiger partial charge in [-0.2, -0.15) is 0 Å².